The molecule has 2 heterocycles. The van der Waals surface area contributed by atoms with Crippen LogP contribution in [0.4, 0.5) is 4.79 Å². The topological polar surface area (TPSA) is 109 Å². The van der Waals surface area contributed by atoms with Gasteiger partial charge in [-0.15, -0.1) is 0 Å². The van der Waals surface area contributed by atoms with Gasteiger partial charge in [0.15, 0.2) is 11.6 Å². The molecule has 154 valence electrons. The number of imidazole rings is 1. The fourth-order valence-corrected chi connectivity index (χ4v) is 3.73. The SMILES string of the molecule is O=C(O)Oc1cc(O)c2c(ccc3[nH]c(-c4ccc(-c5ccc(Cl)c(Cl)c5)o4)nc32)c1. The summed E-state index contributed by atoms with van der Waals surface area (Å²) in [6.07, 6.45) is -1.46. The highest BCUT2D eigenvalue weighted by Gasteiger charge is 2.16. The van der Waals surface area contributed by atoms with Crippen LogP contribution in [0.5, 0.6) is 11.5 Å². The number of carboxylic acid groups (broad SMARTS) is 1. The number of nitrogens with zero attached hydrogens (tertiary/aromatic N) is 1. The number of rotatable bonds is 3. The summed E-state index contributed by atoms with van der Waals surface area (Å²) in [5.74, 6) is 1.44. The van der Waals surface area contributed by atoms with E-state index >= 15 is 0 Å². The molecule has 0 fully saturated rings. The lowest BCUT2D eigenvalue weighted by atomic mass is 10.1. The molecule has 0 aliphatic heterocycles. The Morgan fingerprint density at radius 2 is 1.81 bits per heavy atom. The molecule has 3 aromatic carbocycles. The number of fused-ring (bicyclic) bond motifs is 3. The number of furan rings is 1. The first-order valence-electron chi connectivity index (χ1n) is 9.01. The molecule has 7 nitrogen and oxygen atoms in total. The third-order valence-corrected chi connectivity index (χ3v) is 5.51. The minimum atomic E-state index is -1.46. The number of hydrogen-bond donors (Lipinski definition) is 3. The molecule has 0 spiro atoms. The van der Waals surface area contributed by atoms with Crippen molar-refractivity contribution in [3.63, 3.8) is 0 Å². The largest absolute Gasteiger partial charge is 0.511 e. The predicted molar refractivity (Wildman–Crippen MR) is 117 cm³/mol. The number of ether oxygens (including phenoxy) is 1. The number of aromatic amines is 1. The van der Waals surface area contributed by atoms with E-state index in [1.165, 1.54) is 12.1 Å². The van der Waals surface area contributed by atoms with Gasteiger partial charge in [-0.3, -0.25) is 0 Å². The van der Waals surface area contributed by atoms with Gasteiger partial charge in [-0.05, 0) is 47.9 Å². The summed E-state index contributed by atoms with van der Waals surface area (Å²) < 4.78 is 10.6. The molecule has 31 heavy (non-hydrogen) atoms. The molecule has 0 bridgehead atoms. The number of carbonyl (C=O) groups is 1. The van der Waals surface area contributed by atoms with Crippen molar-refractivity contribution < 1.29 is 24.2 Å². The van der Waals surface area contributed by atoms with E-state index in [1.807, 2.05) is 0 Å². The van der Waals surface area contributed by atoms with E-state index in [9.17, 15) is 9.90 Å². The zero-order valence-electron chi connectivity index (χ0n) is 15.5. The Labute approximate surface area is 184 Å². The van der Waals surface area contributed by atoms with Crippen molar-refractivity contribution in [2.45, 2.75) is 0 Å². The maximum Gasteiger partial charge on any atom is 0.511 e. The van der Waals surface area contributed by atoms with Crippen LogP contribution in [0.25, 0.3) is 44.7 Å². The van der Waals surface area contributed by atoms with Crippen molar-refractivity contribution in [1.29, 1.82) is 0 Å². The molecule has 0 amide bonds. The molecule has 0 unspecified atom stereocenters. The third-order valence-electron chi connectivity index (χ3n) is 4.77. The first-order chi connectivity index (χ1) is 14.9. The standard InChI is InChI=1S/C22H12Cl2N2O5/c23-13-3-1-10(8-14(13)24)17-5-6-18(31-17)21-25-15-4-2-11-7-12(30-22(28)29)9-16(27)19(11)20(15)26-21/h1-9,27H,(H,25,26)(H,28,29). The van der Waals surface area contributed by atoms with E-state index in [1.54, 1.807) is 42.5 Å². The Hall–Kier alpha value is -3.68. The zero-order chi connectivity index (χ0) is 21.7. The molecule has 0 aliphatic carbocycles. The molecule has 5 aromatic rings. The summed E-state index contributed by atoms with van der Waals surface area (Å²) in [6.45, 7) is 0. The highest BCUT2D eigenvalue weighted by Crippen LogP contribution is 2.37. The predicted octanol–water partition coefficient (Wildman–Crippen LogP) is 6.71. The average molecular weight is 455 g/mol. The summed E-state index contributed by atoms with van der Waals surface area (Å²) in [5.41, 5.74) is 1.96. The lowest BCUT2D eigenvalue weighted by Crippen LogP contribution is -2.02. The second kappa shape index (κ2) is 7.23. The summed E-state index contributed by atoms with van der Waals surface area (Å²) in [7, 11) is 0. The number of phenolic OH excluding ortho intramolecular Hbond substituents is 1. The number of aromatic nitrogens is 2. The molecule has 9 heteroatoms. The summed E-state index contributed by atoms with van der Waals surface area (Å²) in [4.78, 5) is 18.5. The van der Waals surface area contributed by atoms with Gasteiger partial charge in [0.2, 0.25) is 0 Å². The van der Waals surface area contributed by atoms with Gasteiger partial charge in [0.25, 0.3) is 0 Å². The minimum absolute atomic E-state index is 0.0184. The van der Waals surface area contributed by atoms with Gasteiger partial charge in [0.05, 0.1) is 20.9 Å². The van der Waals surface area contributed by atoms with Gasteiger partial charge in [-0.2, -0.15) is 0 Å². The number of aromatic hydroxyl groups is 1. The van der Waals surface area contributed by atoms with Gasteiger partial charge < -0.3 is 24.4 Å². The van der Waals surface area contributed by atoms with Crippen LogP contribution in [0.1, 0.15) is 0 Å². The van der Waals surface area contributed by atoms with Gasteiger partial charge in [0, 0.05) is 11.6 Å². The lowest BCUT2D eigenvalue weighted by molar-refractivity contribution is 0.144. The van der Waals surface area contributed by atoms with E-state index in [0.717, 1.165) is 5.56 Å². The molecule has 0 radical (unpaired) electrons. The quantitative estimate of drug-likeness (QED) is 0.206. The third kappa shape index (κ3) is 3.43. The van der Waals surface area contributed by atoms with Crippen LogP contribution in [0.3, 0.4) is 0 Å². The fourth-order valence-electron chi connectivity index (χ4n) is 3.43. The van der Waals surface area contributed by atoms with Crippen LogP contribution >= 0.6 is 23.2 Å². The monoisotopic (exact) mass is 454 g/mol. The first kappa shape index (κ1) is 19.3. The molecular formula is C22H12Cl2N2O5. The number of halogens is 2. The molecule has 2 aromatic heterocycles. The van der Waals surface area contributed by atoms with Crippen molar-refractivity contribution in [2.75, 3.05) is 0 Å². The van der Waals surface area contributed by atoms with Crippen LogP contribution in [0, 0.1) is 0 Å². The van der Waals surface area contributed by atoms with Gasteiger partial charge >= 0.3 is 6.16 Å². The van der Waals surface area contributed by atoms with E-state index in [-0.39, 0.29) is 11.5 Å². The van der Waals surface area contributed by atoms with Crippen molar-refractivity contribution >= 4 is 51.2 Å². The Kier molecular flexibility index (Phi) is 4.50. The van der Waals surface area contributed by atoms with E-state index in [2.05, 4.69) is 14.7 Å². The van der Waals surface area contributed by atoms with Crippen LogP contribution < -0.4 is 4.74 Å². The van der Waals surface area contributed by atoms with Crippen LogP contribution in [-0.2, 0) is 0 Å². The van der Waals surface area contributed by atoms with Gasteiger partial charge in [-0.1, -0.05) is 29.3 Å². The summed E-state index contributed by atoms with van der Waals surface area (Å²) >= 11 is 12.1. The van der Waals surface area contributed by atoms with Crippen LogP contribution in [0.2, 0.25) is 10.0 Å². The molecule has 3 N–H and O–H groups in total. The van der Waals surface area contributed by atoms with Crippen molar-refractivity contribution in [3.8, 4) is 34.4 Å². The number of H-pyrrole nitrogens is 1. The van der Waals surface area contributed by atoms with Crippen LogP contribution in [-0.4, -0.2) is 26.3 Å². The normalized spacial score (nSPS) is 11.3. The molecule has 0 atom stereocenters. The van der Waals surface area contributed by atoms with Crippen molar-refractivity contribution in [1.82, 2.24) is 9.97 Å². The van der Waals surface area contributed by atoms with Gasteiger partial charge in [-0.25, -0.2) is 9.78 Å². The van der Waals surface area contributed by atoms with E-state index in [0.29, 0.717) is 49.2 Å². The van der Waals surface area contributed by atoms with Crippen LogP contribution in [0.15, 0.2) is 59.0 Å². The molecule has 5 rings (SSSR count). The highest BCUT2D eigenvalue weighted by molar-refractivity contribution is 6.42. The van der Waals surface area contributed by atoms with Gasteiger partial charge in [0.1, 0.15) is 22.8 Å². The summed E-state index contributed by atoms with van der Waals surface area (Å²) in [5, 5.41) is 21.2. The molecule has 0 saturated carbocycles. The number of phenols is 1. The molecule has 0 saturated heterocycles. The summed E-state index contributed by atoms with van der Waals surface area (Å²) in [6, 6.07) is 15.1. The maximum atomic E-state index is 10.8. The molecule has 0 aliphatic rings. The number of nitrogens with one attached hydrogen (secondary N) is 1. The average Bonchev–Trinajstić information content (AvgIpc) is 3.36. The van der Waals surface area contributed by atoms with E-state index in [4.69, 9.17) is 32.7 Å². The van der Waals surface area contributed by atoms with Crippen molar-refractivity contribution in [3.05, 3.63) is 64.6 Å². The fraction of sp³-hybridized carbons (Fsp3) is 0. The highest BCUT2D eigenvalue weighted by atomic mass is 35.5. The number of benzene rings is 3. The molecular weight excluding hydrogens is 443 g/mol. The minimum Gasteiger partial charge on any atom is -0.507 e. The number of hydrogen-bond acceptors (Lipinski definition) is 5. The zero-order valence-corrected chi connectivity index (χ0v) is 17.0. The lowest BCUT2D eigenvalue weighted by Gasteiger charge is -2.05. The second-order valence-electron chi connectivity index (χ2n) is 6.75. The van der Waals surface area contributed by atoms with Crippen molar-refractivity contribution in [2.24, 2.45) is 0 Å². The Morgan fingerprint density at radius 1 is 1.00 bits per heavy atom. The van der Waals surface area contributed by atoms with E-state index < -0.39 is 6.16 Å². The first-order valence-corrected chi connectivity index (χ1v) is 9.76. The Balaban J connectivity index is 1.58. The Morgan fingerprint density at radius 3 is 2.58 bits per heavy atom. The second-order valence-corrected chi connectivity index (χ2v) is 7.56. The smallest absolute Gasteiger partial charge is 0.507 e. The Bertz CT molecular complexity index is 1490. The maximum absolute atomic E-state index is 10.8.